The molecule has 0 bridgehead atoms. The second-order valence-corrected chi connectivity index (χ2v) is 6.83. The average Bonchev–Trinajstić information content (AvgIpc) is 2.36. The van der Waals surface area contributed by atoms with E-state index in [0.29, 0.717) is 21.0 Å². The van der Waals surface area contributed by atoms with E-state index in [9.17, 15) is 5.11 Å². The zero-order chi connectivity index (χ0) is 13.7. The minimum atomic E-state index is -0.0618. The van der Waals surface area contributed by atoms with E-state index in [2.05, 4.69) is 57.8 Å². The van der Waals surface area contributed by atoms with Gasteiger partial charge in [-0.05, 0) is 66.0 Å². The third-order valence-electron chi connectivity index (χ3n) is 2.64. The Balaban J connectivity index is 2.52. The van der Waals surface area contributed by atoms with Crippen molar-refractivity contribution in [3.05, 3.63) is 36.6 Å². The maximum atomic E-state index is 9.99. The van der Waals surface area contributed by atoms with Crippen molar-refractivity contribution >= 4 is 81.5 Å². The molecule has 0 radical (unpaired) electrons. The molecule has 19 heavy (non-hydrogen) atoms. The summed E-state index contributed by atoms with van der Waals surface area (Å²) < 4.78 is 2.45. The Morgan fingerprint density at radius 2 is 1.37 bits per heavy atom. The molecule has 0 saturated carbocycles. The Labute approximate surface area is 138 Å². The van der Waals surface area contributed by atoms with Crippen LogP contribution in [0.4, 0.5) is 0 Å². The first kappa shape index (κ1) is 13.5. The van der Waals surface area contributed by atoms with E-state index >= 15 is 0 Å². The number of aromatic nitrogens is 2. The highest BCUT2D eigenvalue weighted by Gasteiger charge is 2.13. The van der Waals surface area contributed by atoms with Crippen molar-refractivity contribution < 1.29 is 5.11 Å². The van der Waals surface area contributed by atoms with Crippen molar-refractivity contribution in [1.29, 1.82) is 0 Å². The van der Waals surface area contributed by atoms with Crippen molar-refractivity contribution in [2.24, 2.45) is 0 Å². The monoisotopic (exact) mass is 464 g/mol. The van der Waals surface area contributed by atoms with Crippen LogP contribution in [0.15, 0.2) is 31.6 Å². The van der Waals surface area contributed by atoms with Crippen LogP contribution in [0.3, 0.4) is 0 Å². The molecule has 0 saturated heterocycles. The Kier molecular flexibility index (Phi) is 3.45. The van der Waals surface area contributed by atoms with E-state index in [4.69, 9.17) is 11.6 Å². The number of hydrogen-bond donors (Lipinski definition) is 1. The minimum Gasteiger partial charge on any atom is -0.504 e. The van der Waals surface area contributed by atoms with Crippen molar-refractivity contribution in [3.8, 4) is 5.75 Å². The fourth-order valence-corrected chi connectivity index (χ4v) is 3.24. The summed E-state index contributed by atoms with van der Waals surface area (Å²) in [6.07, 6.45) is 0. The van der Waals surface area contributed by atoms with Gasteiger partial charge in [0.15, 0.2) is 5.75 Å². The molecule has 1 N–H and O–H groups in total. The zero-order valence-corrected chi connectivity index (χ0v) is 14.6. The predicted octanol–water partition coefficient (Wildman–Crippen LogP) is 5.43. The van der Waals surface area contributed by atoms with Gasteiger partial charge in [0.25, 0.3) is 0 Å². The second-order valence-electron chi connectivity index (χ2n) is 3.86. The van der Waals surface area contributed by atoms with Gasteiger partial charge < -0.3 is 5.11 Å². The first-order valence-corrected chi connectivity index (χ1v) is 7.86. The number of fused-ring (bicyclic) bond motifs is 2. The smallest absolute Gasteiger partial charge is 0.162 e. The second kappa shape index (κ2) is 4.84. The summed E-state index contributed by atoms with van der Waals surface area (Å²) >= 11 is 16.2. The van der Waals surface area contributed by atoms with E-state index < -0.39 is 0 Å². The van der Waals surface area contributed by atoms with Crippen molar-refractivity contribution in [2.45, 2.75) is 0 Å². The van der Waals surface area contributed by atoms with Crippen molar-refractivity contribution in [1.82, 2.24) is 9.97 Å². The van der Waals surface area contributed by atoms with Crippen molar-refractivity contribution in [3.63, 3.8) is 0 Å². The van der Waals surface area contributed by atoms with Gasteiger partial charge >= 0.3 is 0 Å². The van der Waals surface area contributed by atoms with Gasteiger partial charge in [0.2, 0.25) is 0 Å². The average molecular weight is 467 g/mol. The highest BCUT2D eigenvalue weighted by atomic mass is 79.9. The number of aromatic hydroxyl groups is 1. The molecule has 0 amide bonds. The molecule has 3 rings (SSSR count). The van der Waals surface area contributed by atoms with Crippen LogP contribution >= 0.6 is 59.4 Å². The summed E-state index contributed by atoms with van der Waals surface area (Å²) in [7, 11) is 0. The molecule has 3 aromatic rings. The zero-order valence-electron chi connectivity index (χ0n) is 9.09. The number of phenols is 1. The SMILES string of the molecule is Oc1c(Cl)cc(Br)c2nc3cc(Br)c(Br)cc3nc12. The summed E-state index contributed by atoms with van der Waals surface area (Å²) in [5, 5.41) is 10.2. The summed E-state index contributed by atoms with van der Waals surface area (Å²) in [5.74, 6) is -0.0618. The van der Waals surface area contributed by atoms with E-state index in [1.54, 1.807) is 6.07 Å². The molecule has 0 atom stereocenters. The molecule has 3 nitrogen and oxygen atoms in total. The maximum absolute atomic E-state index is 9.99. The van der Waals surface area contributed by atoms with Crippen LogP contribution < -0.4 is 0 Å². The maximum Gasteiger partial charge on any atom is 0.162 e. The highest BCUT2D eigenvalue weighted by Crippen LogP contribution is 2.37. The molecule has 1 heterocycles. The van der Waals surface area contributed by atoms with Gasteiger partial charge in [-0.1, -0.05) is 11.6 Å². The van der Waals surface area contributed by atoms with Crippen LogP contribution in [0, 0.1) is 0 Å². The number of halogens is 4. The molecule has 1 aromatic heterocycles. The Morgan fingerprint density at radius 3 is 1.95 bits per heavy atom. The minimum absolute atomic E-state index is 0.0618. The number of phenolic OH excluding ortho intramolecular Hbond substituents is 1. The molecule has 7 heteroatoms. The van der Waals surface area contributed by atoms with Gasteiger partial charge in [-0.2, -0.15) is 0 Å². The first-order chi connectivity index (χ1) is 8.97. The van der Waals surface area contributed by atoms with E-state index in [0.717, 1.165) is 14.5 Å². The molecule has 96 valence electrons. The molecule has 2 aromatic carbocycles. The standard InChI is InChI=1S/C12H4Br3ClN2O/c13-4-2-8-9(3-5(4)14)18-11-10(17-8)6(15)1-7(16)12(11)19/h1-3,19H. The fraction of sp³-hybridized carbons (Fsp3) is 0. The van der Waals surface area contributed by atoms with Gasteiger partial charge in [0.05, 0.1) is 16.1 Å². The van der Waals surface area contributed by atoms with E-state index in [1.807, 2.05) is 12.1 Å². The lowest BCUT2D eigenvalue weighted by Crippen LogP contribution is -1.90. The lowest BCUT2D eigenvalue weighted by atomic mass is 10.2. The Hall–Kier alpha value is -0.430. The van der Waals surface area contributed by atoms with Crippen LogP contribution in [0.2, 0.25) is 5.02 Å². The molecule has 0 fully saturated rings. The van der Waals surface area contributed by atoms with Gasteiger partial charge in [-0.15, -0.1) is 0 Å². The molecule has 0 aliphatic heterocycles. The van der Waals surface area contributed by atoms with E-state index in [1.165, 1.54) is 0 Å². The molecule has 0 unspecified atom stereocenters. The molecular weight excluding hydrogens is 463 g/mol. The predicted molar refractivity (Wildman–Crippen MR) is 86.8 cm³/mol. The van der Waals surface area contributed by atoms with Gasteiger partial charge in [0, 0.05) is 13.4 Å². The summed E-state index contributed by atoms with van der Waals surface area (Å²) in [4.78, 5) is 8.93. The lowest BCUT2D eigenvalue weighted by Gasteiger charge is -2.07. The molecule has 0 aliphatic carbocycles. The molecular formula is C12H4Br3ClN2O. The van der Waals surface area contributed by atoms with Crippen molar-refractivity contribution in [2.75, 3.05) is 0 Å². The lowest BCUT2D eigenvalue weighted by molar-refractivity contribution is 0.480. The van der Waals surface area contributed by atoms with E-state index in [-0.39, 0.29) is 10.8 Å². The quantitative estimate of drug-likeness (QED) is 0.449. The number of nitrogens with zero attached hydrogens (tertiary/aromatic N) is 2. The number of rotatable bonds is 0. The largest absolute Gasteiger partial charge is 0.504 e. The normalized spacial score (nSPS) is 11.4. The fourth-order valence-electron chi connectivity index (χ4n) is 1.74. The topological polar surface area (TPSA) is 46.0 Å². The number of benzene rings is 2. The molecule has 0 spiro atoms. The van der Waals surface area contributed by atoms with Crippen LogP contribution in [0.25, 0.3) is 22.1 Å². The summed E-state index contributed by atoms with van der Waals surface area (Å²) in [5.41, 5.74) is 2.35. The van der Waals surface area contributed by atoms with Gasteiger partial charge in [-0.3, -0.25) is 0 Å². The van der Waals surface area contributed by atoms with Gasteiger partial charge in [-0.25, -0.2) is 9.97 Å². The van der Waals surface area contributed by atoms with Crippen LogP contribution in [-0.4, -0.2) is 15.1 Å². The van der Waals surface area contributed by atoms with Crippen LogP contribution in [-0.2, 0) is 0 Å². The first-order valence-electron chi connectivity index (χ1n) is 5.11. The Morgan fingerprint density at radius 1 is 0.842 bits per heavy atom. The number of hydrogen-bond acceptors (Lipinski definition) is 3. The third kappa shape index (κ3) is 2.24. The van der Waals surface area contributed by atoms with Gasteiger partial charge in [0.1, 0.15) is 11.0 Å². The highest BCUT2D eigenvalue weighted by molar-refractivity contribution is 9.13. The van der Waals surface area contributed by atoms with Crippen LogP contribution in [0.5, 0.6) is 5.75 Å². The Bertz CT molecular complexity index is 838. The molecule has 0 aliphatic rings. The summed E-state index contributed by atoms with van der Waals surface area (Å²) in [6, 6.07) is 5.30. The third-order valence-corrected chi connectivity index (χ3v) is 5.37. The summed E-state index contributed by atoms with van der Waals surface area (Å²) in [6.45, 7) is 0. The van der Waals surface area contributed by atoms with Crippen LogP contribution in [0.1, 0.15) is 0 Å².